The van der Waals surface area contributed by atoms with Gasteiger partial charge in [0.1, 0.15) is 0 Å². The Balaban J connectivity index is 1.91. The molecule has 0 aromatic heterocycles. The van der Waals surface area contributed by atoms with Gasteiger partial charge in [0.05, 0.1) is 7.11 Å². The molecule has 0 spiro atoms. The smallest absolute Gasteiger partial charge is 0.258 e. The van der Waals surface area contributed by atoms with Crippen molar-refractivity contribution in [1.82, 2.24) is 16.0 Å². The number of carbonyl (C=O) groups is 1. The van der Waals surface area contributed by atoms with Gasteiger partial charge in [-0.15, -0.1) is 0 Å². The molecule has 1 aliphatic heterocycles. The summed E-state index contributed by atoms with van der Waals surface area (Å²) in [6.45, 7) is 9.52. The lowest BCUT2D eigenvalue weighted by molar-refractivity contribution is -0.124. The van der Waals surface area contributed by atoms with E-state index < -0.39 is 0 Å². The van der Waals surface area contributed by atoms with Crippen LogP contribution < -0.4 is 25.4 Å². The van der Waals surface area contributed by atoms with Crippen molar-refractivity contribution in [2.24, 2.45) is 5.92 Å². The molecular formula is C20H32ClN3O3. The fourth-order valence-corrected chi connectivity index (χ4v) is 3.30. The predicted octanol–water partition coefficient (Wildman–Crippen LogP) is 2.73. The molecule has 1 aromatic carbocycles. The third kappa shape index (κ3) is 7.56. The van der Waals surface area contributed by atoms with E-state index in [1.165, 1.54) is 12.8 Å². The van der Waals surface area contributed by atoms with Crippen molar-refractivity contribution in [3.63, 3.8) is 0 Å². The van der Waals surface area contributed by atoms with E-state index in [2.05, 4.69) is 16.0 Å². The quantitative estimate of drug-likeness (QED) is 0.629. The van der Waals surface area contributed by atoms with Crippen LogP contribution in [-0.2, 0) is 11.3 Å². The lowest BCUT2D eigenvalue weighted by Gasteiger charge is -2.23. The molecule has 0 saturated carbocycles. The number of benzene rings is 1. The Bertz CT molecular complexity index is 626. The highest BCUT2D eigenvalue weighted by molar-refractivity contribution is 6.31. The topological polar surface area (TPSA) is 71.6 Å². The molecule has 152 valence electrons. The molecule has 0 unspecified atom stereocenters. The predicted molar refractivity (Wildman–Crippen MR) is 109 cm³/mol. The second kappa shape index (κ2) is 10.2. The monoisotopic (exact) mass is 397 g/mol. The van der Waals surface area contributed by atoms with Gasteiger partial charge in [-0.05, 0) is 70.8 Å². The maximum absolute atomic E-state index is 12.0. The van der Waals surface area contributed by atoms with E-state index in [0.29, 0.717) is 29.0 Å². The number of halogens is 1. The van der Waals surface area contributed by atoms with E-state index in [4.69, 9.17) is 21.1 Å². The Hall–Kier alpha value is -1.50. The molecule has 0 bridgehead atoms. The Morgan fingerprint density at radius 3 is 2.59 bits per heavy atom. The van der Waals surface area contributed by atoms with Gasteiger partial charge in [0.25, 0.3) is 5.91 Å². The van der Waals surface area contributed by atoms with Crippen molar-refractivity contribution in [2.45, 2.75) is 45.7 Å². The zero-order chi connectivity index (χ0) is 19.9. The van der Waals surface area contributed by atoms with Crippen LogP contribution in [0.3, 0.4) is 0 Å². The van der Waals surface area contributed by atoms with Crippen molar-refractivity contribution >= 4 is 17.5 Å². The number of methoxy groups -OCH3 is 1. The van der Waals surface area contributed by atoms with Crippen molar-refractivity contribution in [1.29, 1.82) is 0 Å². The highest BCUT2D eigenvalue weighted by Gasteiger charge is 2.17. The minimum absolute atomic E-state index is 0.0860. The van der Waals surface area contributed by atoms with Crippen LogP contribution in [0.1, 0.15) is 39.2 Å². The van der Waals surface area contributed by atoms with Gasteiger partial charge in [-0.3, -0.25) is 4.79 Å². The average Bonchev–Trinajstić information content (AvgIpc) is 2.61. The molecule has 1 aromatic rings. The SMILES string of the molecule is COc1cc(CNCC2CCNCC2)c(Cl)cc1OCC(=O)NC(C)(C)C. The summed E-state index contributed by atoms with van der Waals surface area (Å²) in [5.74, 6) is 1.56. The molecule has 6 nitrogen and oxygen atoms in total. The molecule has 27 heavy (non-hydrogen) atoms. The van der Waals surface area contributed by atoms with Crippen LogP contribution in [0, 0.1) is 5.92 Å². The fourth-order valence-electron chi connectivity index (χ4n) is 3.08. The number of carbonyl (C=O) groups excluding carboxylic acids is 1. The maximum atomic E-state index is 12.0. The number of rotatable bonds is 8. The van der Waals surface area contributed by atoms with Gasteiger partial charge < -0.3 is 25.4 Å². The minimum atomic E-state index is -0.300. The van der Waals surface area contributed by atoms with Gasteiger partial charge in [0.15, 0.2) is 18.1 Å². The number of hydrogen-bond acceptors (Lipinski definition) is 5. The Labute approximate surface area is 167 Å². The molecule has 7 heteroatoms. The first-order valence-electron chi connectivity index (χ1n) is 9.50. The number of ether oxygens (including phenoxy) is 2. The third-order valence-corrected chi connectivity index (χ3v) is 4.76. The van der Waals surface area contributed by atoms with Crippen LogP contribution in [-0.4, -0.2) is 44.8 Å². The number of nitrogens with one attached hydrogen (secondary N) is 3. The first-order valence-corrected chi connectivity index (χ1v) is 9.88. The fraction of sp³-hybridized carbons (Fsp3) is 0.650. The molecule has 1 amide bonds. The van der Waals surface area contributed by atoms with Crippen molar-refractivity contribution < 1.29 is 14.3 Å². The summed E-state index contributed by atoms with van der Waals surface area (Å²) < 4.78 is 11.0. The van der Waals surface area contributed by atoms with Gasteiger partial charge in [0, 0.05) is 23.2 Å². The molecule has 3 N–H and O–H groups in total. The Kier molecular flexibility index (Phi) is 8.20. The zero-order valence-electron chi connectivity index (χ0n) is 16.8. The summed E-state index contributed by atoms with van der Waals surface area (Å²) >= 11 is 6.42. The first kappa shape index (κ1) is 21.8. The largest absolute Gasteiger partial charge is 0.493 e. The van der Waals surface area contributed by atoms with Crippen LogP contribution in [0.4, 0.5) is 0 Å². The first-order chi connectivity index (χ1) is 12.8. The van der Waals surface area contributed by atoms with Crippen LogP contribution in [0.5, 0.6) is 11.5 Å². The molecule has 1 aliphatic rings. The summed E-state index contributed by atoms with van der Waals surface area (Å²) in [7, 11) is 1.58. The second-order valence-corrected chi connectivity index (χ2v) is 8.41. The van der Waals surface area contributed by atoms with Gasteiger partial charge >= 0.3 is 0 Å². The highest BCUT2D eigenvalue weighted by Crippen LogP contribution is 2.33. The maximum Gasteiger partial charge on any atom is 0.258 e. The molecule has 1 saturated heterocycles. The van der Waals surface area contributed by atoms with Crippen LogP contribution in [0.15, 0.2) is 12.1 Å². The molecule has 0 radical (unpaired) electrons. The van der Waals surface area contributed by atoms with Crippen molar-refractivity contribution in [3.05, 3.63) is 22.7 Å². The number of piperidine rings is 1. The lowest BCUT2D eigenvalue weighted by atomic mass is 9.98. The summed E-state index contributed by atoms with van der Waals surface area (Å²) in [6.07, 6.45) is 2.40. The molecule has 0 aliphatic carbocycles. The number of hydrogen-bond donors (Lipinski definition) is 3. The minimum Gasteiger partial charge on any atom is -0.493 e. The summed E-state index contributed by atoms with van der Waals surface area (Å²) in [6, 6.07) is 3.58. The summed E-state index contributed by atoms with van der Waals surface area (Å²) in [5.41, 5.74) is 0.653. The molecular weight excluding hydrogens is 366 g/mol. The molecule has 1 heterocycles. The molecule has 1 fully saturated rings. The zero-order valence-corrected chi connectivity index (χ0v) is 17.5. The van der Waals surface area contributed by atoms with E-state index in [1.54, 1.807) is 13.2 Å². The van der Waals surface area contributed by atoms with E-state index >= 15 is 0 Å². The summed E-state index contributed by atoms with van der Waals surface area (Å²) in [4.78, 5) is 12.0. The van der Waals surface area contributed by atoms with Gasteiger partial charge in [-0.25, -0.2) is 0 Å². The third-order valence-electron chi connectivity index (χ3n) is 4.41. The van der Waals surface area contributed by atoms with E-state index in [9.17, 15) is 4.79 Å². The van der Waals surface area contributed by atoms with E-state index in [-0.39, 0.29) is 18.1 Å². The standard InChI is InChI=1S/C20H32ClN3O3/c1-20(2,3)24-19(25)13-27-18-10-16(21)15(9-17(18)26-4)12-23-11-14-5-7-22-8-6-14/h9-10,14,22-23H,5-8,11-13H2,1-4H3,(H,24,25). The Morgan fingerprint density at radius 2 is 1.96 bits per heavy atom. The van der Waals surface area contributed by atoms with Crippen molar-refractivity contribution in [2.75, 3.05) is 33.4 Å². The normalized spacial score (nSPS) is 15.4. The van der Waals surface area contributed by atoms with Gasteiger partial charge in [0.2, 0.25) is 0 Å². The lowest BCUT2D eigenvalue weighted by Crippen LogP contribution is -2.43. The van der Waals surface area contributed by atoms with E-state index in [1.807, 2.05) is 26.8 Å². The van der Waals surface area contributed by atoms with Gasteiger partial charge in [-0.2, -0.15) is 0 Å². The van der Waals surface area contributed by atoms with Crippen molar-refractivity contribution in [3.8, 4) is 11.5 Å². The van der Waals surface area contributed by atoms with Crippen LogP contribution in [0.2, 0.25) is 5.02 Å². The average molecular weight is 398 g/mol. The second-order valence-electron chi connectivity index (χ2n) is 8.01. The van der Waals surface area contributed by atoms with Crippen LogP contribution >= 0.6 is 11.6 Å². The number of amides is 1. The Morgan fingerprint density at radius 1 is 1.26 bits per heavy atom. The van der Waals surface area contributed by atoms with E-state index in [0.717, 1.165) is 25.2 Å². The van der Waals surface area contributed by atoms with Gasteiger partial charge in [-0.1, -0.05) is 11.6 Å². The highest BCUT2D eigenvalue weighted by atomic mass is 35.5. The van der Waals surface area contributed by atoms with Crippen LogP contribution in [0.25, 0.3) is 0 Å². The summed E-state index contributed by atoms with van der Waals surface area (Å²) in [5, 5.41) is 10.3. The molecule has 2 rings (SSSR count). The molecule has 0 atom stereocenters.